The zero-order valence-electron chi connectivity index (χ0n) is 13.0. The molecule has 1 unspecified atom stereocenters. The fraction of sp³-hybridized carbons (Fsp3) is 0.375. The Hall–Kier alpha value is -1.73. The highest BCUT2D eigenvalue weighted by Gasteiger charge is 2.42. The van der Waals surface area contributed by atoms with E-state index in [1.54, 1.807) is 13.1 Å². The Bertz CT molecular complexity index is 853. The molecule has 1 atom stereocenters. The van der Waals surface area contributed by atoms with Crippen molar-refractivity contribution in [2.24, 2.45) is 0 Å². The lowest BCUT2D eigenvalue weighted by atomic mass is 10.00. The minimum absolute atomic E-state index is 0.0250. The standard InChI is InChI=1S/C16H18N2O3S2/c1-16(9-10-23(20,21)11-16)18(2)15(19)8-7-14-17-12-5-3-4-6-13(12)22-14/h3-8H,9-11H2,1-2H3/b8-7+. The second-order valence-electron chi connectivity index (χ2n) is 6.09. The number of hydrogen-bond acceptors (Lipinski definition) is 5. The zero-order chi connectivity index (χ0) is 16.7. The monoisotopic (exact) mass is 350 g/mol. The Labute approximate surface area is 139 Å². The molecule has 1 aromatic carbocycles. The van der Waals surface area contributed by atoms with Crippen molar-refractivity contribution in [1.29, 1.82) is 0 Å². The smallest absolute Gasteiger partial charge is 0.246 e. The van der Waals surface area contributed by atoms with E-state index in [2.05, 4.69) is 4.98 Å². The Balaban J connectivity index is 1.75. The van der Waals surface area contributed by atoms with Crippen LogP contribution in [0.3, 0.4) is 0 Å². The summed E-state index contributed by atoms with van der Waals surface area (Å²) in [5, 5.41) is 0.761. The van der Waals surface area contributed by atoms with Crippen LogP contribution in [0.15, 0.2) is 30.3 Å². The van der Waals surface area contributed by atoms with Crippen LogP contribution in [0.4, 0.5) is 0 Å². The van der Waals surface area contributed by atoms with Gasteiger partial charge in [0.1, 0.15) is 5.01 Å². The van der Waals surface area contributed by atoms with E-state index < -0.39 is 15.4 Å². The van der Waals surface area contributed by atoms with Crippen LogP contribution in [0.1, 0.15) is 18.4 Å². The van der Waals surface area contributed by atoms with Crippen molar-refractivity contribution < 1.29 is 13.2 Å². The summed E-state index contributed by atoms with van der Waals surface area (Å²) in [4.78, 5) is 18.3. The SMILES string of the molecule is CN(C(=O)/C=C/c1nc2ccccc2s1)C1(C)CCS(=O)(=O)C1. The van der Waals surface area contributed by atoms with Gasteiger partial charge in [0.05, 0.1) is 27.3 Å². The van der Waals surface area contributed by atoms with Gasteiger partial charge in [-0.15, -0.1) is 11.3 Å². The largest absolute Gasteiger partial charge is 0.336 e. The van der Waals surface area contributed by atoms with Crippen LogP contribution in [-0.4, -0.2) is 48.3 Å². The van der Waals surface area contributed by atoms with Gasteiger partial charge < -0.3 is 4.90 Å². The molecule has 2 aromatic rings. The number of likely N-dealkylation sites (N-methyl/N-ethyl adjacent to an activating group) is 1. The first-order valence-electron chi connectivity index (χ1n) is 7.31. The number of amides is 1. The summed E-state index contributed by atoms with van der Waals surface area (Å²) in [6.45, 7) is 1.82. The van der Waals surface area contributed by atoms with Crippen LogP contribution in [-0.2, 0) is 14.6 Å². The summed E-state index contributed by atoms with van der Waals surface area (Å²) < 4.78 is 24.4. The number of para-hydroxylation sites is 1. The average Bonchev–Trinajstić information content (AvgIpc) is 3.04. The average molecular weight is 350 g/mol. The maximum Gasteiger partial charge on any atom is 0.246 e. The molecule has 1 amide bonds. The van der Waals surface area contributed by atoms with Crippen molar-refractivity contribution >= 4 is 43.4 Å². The lowest BCUT2D eigenvalue weighted by Crippen LogP contribution is -2.47. The van der Waals surface area contributed by atoms with Gasteiger partial charge in [0, 0.05) is 13.1 Å². The number of carbonyl (C=O) groups is 1. The summed E-state index contributed by atoms with van der Waals surface area (Å²) in [5.74, 6) is -0.0382. The molecule has 0 bridgehead atoms. The molecule has 1 saturated heterocycles. The summed E-state index contributed by atoms with van der Waals surface area (Å²) >= 11 is 1.52. The minimum Gasteiger partial charge on any atom is -0.336 e. The molecule has 122 valence electrons. The van der Waals surface area contributed by atoms with E-state index in [1.807, 2.05) is 31.2 Å². The fourth-order valence-corrected chi connectivity index (χ4v) is 5.79. The molecule has 0 N–H and O–H groups in total. The van der Waals surface area contributed by atoms with E-state index in [0.717, 1.165) is 15.2 Å². The van der Waals surface area contributed by atoms with Crippen LogP contribution in [0.2, 0.25) is 0 Å². The van der Waals surface area contributed by atoms with E-state index in [4.69, 9.17) is 0 Å². The van der Waals surface area contributed by atoms with Gasteiger partial charge in [-0.05, 0) is 31.6 Å². The fourth-order valence-electron chi connectivity index (χ4n) is 2.74. The van der Waals surface area contributed by atoms with Gasteiger partial charge >= 0.3 is 0 Å². The van der Waals surface area contributed by atoms with E-state index in [9.17, 15) is 13.2 Å². The predicted molar refractivity (Wildman–Crippen MR) is 93.1 cm³/mol. The normalized spacial score (nSPS) is 23.6. The van der Waals surface area contributed by atoms with Crippen molar-refractivity contribution in [2.45, 2.75) is 18.9 Å². The number of hydrogen-bond donors (Lipinski definition) is 0. The van der Waals surface area contributed by atoms with Crippen LogP contribution < -0.4 is 0 Å². The van der Waals surface area contributed by atoms with Gasteiger partial charge in [-0.3, -0.25) is 4.79 Å². The third kappa shape index (κ3) is 3.30. The van der Waals surface area contributed by atoms with Crippen molar-refractivity contribution in [3.05, 3.63) is 35.3 Å². The highest BCUT2D eigenvalue weighted by atomic mass is 32.2. The molecule has 7 heteroatoms. The molecular weight excluding hydrogens is 332 g/mol. The molecule has 3 rings (SSSR count). The first-order valence-corrected chi connectivity index (χ1v) is 9.95. The Morgan fingerprint density at radius 3 is 2.78 bits per heavy atom. The zero-order valence-corrected chi connectivity index (χ0v) is 14.7. The highest BCUT2D eigenvalue weighted by molar-refractivity contribution is 7.91. The number of carbonyl (C=O) groups excluding carboxylic acids is 1. The number of nitrogens with zero attached hydrogens (tertiary/aromatic N) is 2. The van der Waals surface area contributed by atoms with E-state index >= 15 is 0 Å². The maximum atomic E-state index is 12.4. The predicted octanol–water partition coefficient (Wildman–Crippen LogP) is 2.35. The number of aromatic nitrogens is 1. The van der Waals surface area contributed by atoms with Crippen LogP contribution in [0.5, 0.6) is 0 Å². The van der Waals surface area contributed by atoms with Gasteiger partial charge in [0.25, 0.3) is 0 Å². The molecule has 23 heavy (non-hydrogen) atoms. The molecular formula is C16H18N2O3S2. The third-order valence-corrected chi connectivity index (χ3v) is 7.19. The van der Waals surface area contributed by atoms with Gasteiger partial charge in [0.15, 0.2) is 9.84 Å². The quantitative estimate of drug-likeness (QED) is 0.797. The molecule has 1 fully saturated rings. The summed E-state index contributed by atoms with van der Waals surface area (Å²) in [7, 11) is -1.39. The number of thiazole rings is 1. The van der Waals surface area contributed by atoms with Gasteiger partial charge in [-0.1, -0.05) is 12.1 Å². The summed E-state index contributed by atoms with van der Waals surface area (Å²) in [6.07, 6.45) is 3.64. The first kappa shape index (κ1) is 16.1. The third-order valence-electron chi connectivity index (χ3n) is 4.30. The number of fused-ring (bicyclic) bond motifs is 1. The molecule has 1 aromatic heterocycles. The van der Waals surface area contributed by atoms with E-state index in [1.165, 1.54) is 22.3 Å². The van der Waals surface area contributed by atoms with E-state index in [-0.39, 0.29) is 17.4 Å². The lowest BCUT2D eigenvalue weighted by Gasteiger charge is -2.33. The minimum atomic E-state index is -3.05. The van der Waals surface area contributed by atoms with Gasteiger partial charge in [0.2, 0.25) is 5.91 Å². The van der Waals surface area contributed by atoms with Crippen molar-refractivity contribution in [2.75, 3.05) is 18.6 Å². The molecule has 0 saturated carbocycles. The molecule has 5 nitrogen and oxygen atoms in total. The number of sulfone groups is 1. The van der Waals surface area contributed by atoms with Crippen molar-refractivity contribution in [1.82, 2.24) is 9.88 Å². The Kier molecular flexibility index (Phi) is 4.01. The molecule has 1 aliphatic rings. The summed E-state index contributed by atoms with van der Waals surface area (Å²) in [5.41, 5.74) is 0.278. The number of rotatable bonds is 3. The number of benzene rings is 1. The molecule has 1 aliphatic heterocycles. The second kappa shape index (κ2) is 5.72. The second-order valence-corrected chi connectivity index (χ2v) is 9.34. The van der Waals surface area contributed by atoms with Crippen molar-refractivity contribution in [3.8, 4) is 0 Å². The van der Waals surface area contributed by atoms with Crippen molar-refractivity contribution in [3.63, 3.8) is 0 Å². The van der Waals surface area contributed by atoms with Crippen LogP contribution >= 0.6 is 11.3 Å². The van der Waals surface area contributed by atoms with Crippen LogP contribution in [0, 0.1) is 0 Å². The van der Waals surface area contributed by atoms with E-state index in [0.29, 0.717) is 6.42 Å². The highest BCUT2D eigenvalue weighted by Crippen LogP contribution is 2.29. The topological polar surface area (TPSA) is 67.3 Å². The molecule has 0 spiro atoms. The maximum absolute atomic E-state index is 12.4. The Morgan fingerprint density at radius 1 is 1.39 bits per heavy atom. The molecule has 0 aliphatic carbocycles. The first-order chi connectivity index (χ1) is 10.8. The lowest BCUT2D eigenvalue weighted by molar-refractivity contribution is -0.129. The Morgan fingerprint density at radius 2 is 2.13 bits per heavy atom. The van der Waals surface area contributed by atoms with Gasteiger partial charge in [-0.2, -0.15) is 0 Å². The molecule has 0 radical (unpaired) electrons. The van der Waals surface area contributed by atoms with Crippen LogP contribution in [0.25, 0.3) is 16.3 Å². The van der Waals surface area contributed by atoms with Gasteiger partial charge in [-0.25, -0.2) is 13.4 Å². The molecule has 2 heterocycles. The summed E-state index contributed by atoms with van der Waals surface area (Å²) in [6, 6.07) is 7.80.